The Hall–Kier alpha value is -1.64. The molecule has 3 nitrogen and oxygen atoms in total. The number of aldehydes is 1. The predicted molar refractivity (Wildman–Crippen MR) is 41.7 cm³/mol. The Morgan fingerprint density at radius 3 is 2.91 bits per heavy atom. The summed E-state index contributed by atoms with van der Waals surface area (Å²) < 4.78 is 1.41. The minimum atomic E-state index is 0.254. The lowest BCUT2D eigenvalue weighted by Crippen LogP contribution is -2.16. The maximum atomic E-state index is 10.3. The van der Waals surface area contributed by atoms with Gasteiger partial charge in [0, 0.05) is 6.20 Å². The van der Waals surface area contributed by atoms with Crippen molar-refractivity contribution in [3.63, 3.8) is 0 Å². The third-order valence-corrected chi connectivity index (χ3v) is 1.31. The van der Waals surface area contributed by atoms with Crippen molar-refractivity contribution >= 4 is 12.0 Å². The van der Waals surface area contributed by atoms with Crippen LogP contribution in [0, 0.1) is 5.41 Å². The molecule has 56 valence electrons. The zero-order valence-electron chi connectivity index (χ0n) is 5.95. The Labute approximate surface area is 64.1 Å². The first-order valence-corrected chi connectivity index (χ1v) is 3.12. The van der Waals surface area contributed by atoms with Crippen LogP contribution in [0.25, 0.3) is 5.70 Å². The highest BCUT2D eigenvalue weighted by Crippen LogP contribution is 1.90. The van der Waals surface area contributed by atoms with E-state index in [9.17, 15) is 4.79 Å². The fourth-order valence-corrected chi connectivity index (χ4v) is 0.750. The Bertz CT molecular complexity index is 338. The van der Waals surface area contributed by atoms with Crippen molar-refractivity contribution in [2.75, 3.05) is 0 Å². The van der Waals surface area contributed by atoms with Crippen molar-refractivity contribution in [1.82, 2.24) is 4.57 Å². The van der Waals surface area contributed by atoms with E-state index in [-0.39, 0.29) is 11.2 Å². The maximum absolute atomic E-state index is 10.3. The van der Waals surface area contributed by atoms with E-state index in [1.165, 1.54) is 4.57 Å². The Morgan fingerprint density at radius 1 is 1.64 bits per heavy atom. The average molecular weight is 148 g/mol. The summed E-state index contributed by atoms with van der Waals surface area (Å²) >= 11 is 0. The monoisotopic (exact) mass is 148 g/mol. The second-order valence-corrected chi connectivity index (χ2v) is 2.07. The fourth-order valence-electron chi connectivity index (χ4n) is 0.750. The average Bonchev–Trinajstić information content (AvgIpc) is 2.04. The van der Waals surface area contributed by atoms with Crippen molar-refractivity contribution in [2.45, 2.75) is 0 Å². The molecule has 0 radical (unpaired) electrons. The smallest absolute Gasteiger partial charge is 0.166 e. The van der Waals surface area contributed by atoms with Crippen LogP contribution >= 0.6 is 0 Å². The number of hydrogen-bond donors (Lipinski definition) is 1. The Kier molecular flexibility index (Phi) is 2.01. The van der Waals surface area contributed by atoms with Gasteiger partial charge in [0.2, 0.25) is 0 Å². The van der Waals surface area contributed by atoms with Gasteiger partial charge in [0.1, 0.15) is 5.49 Å². The largest absolute Gasteiger partial charge is 0.300 e. The highest BCUT2D eigenvalue weighted by molar-refractivity contribution is 5.97. The summed E-state index contributed by atoms with van der Waals surface area (Å²) in [5.41, 5.74) is 0.528. The number of nitrogens with one attached hydrogen (secondary N) is 1. The van der Waals surface area contributed by atoms with Crippen LogP contribution in [0.3, 0.4) is 0 Å². The quantitative estimate of drug-likeness (QED) is 0.485. The van der Waals surface area contributed by atoms with E-state index in [0.717, 1.165) is 0 Å². The van der Waals surface area contributed by atoms with Crippen LogP contribution < -0.4 is 5.49 Å². The molecule has 1 aromatic rings. The number of allylic oxidation sites excluding steroid dienone is 1. The van der Waals surface area contributed by atoms with Crippen molar-refractivity contribution in [3.8, 4) is 0 Å². The van der Waals surface area contributed by atoms with E-state index in [0.29, 0.717) is 6.29 Å². The molecule has 0 saturated heterocycles. The molecule has 1 heterocycles. The zero-order chi connectivity index (χ0) is 8.27. The van der Waals surface area contributed by atoms with Crippen molar-refractivity contribution < 1.29 is 4.79 Å². The number of rotatable bonds is 2. The summed E-state index contributed by atoms with van der Waals surface area (Å²) in [6, 6.07) is 5.07. The Balaban J connectivity index is 3.24. The second kappa shape index (κ2) is 2.96. The van der Waals surface area contributed by atoms with E-state index in [4.69, 9.17) is 5.41 Å². The molecule has 0 amide bonds. The fraction of sp³-hybridized carbons (Fsp3) is 0. The number of pyridine rings is 1. The molecule has 1 N–H and O–H groups in total. The lowest BCUT2D eigenvalue weighted by molar-refractivity contribution is -0.103. The molecule has 3 heteroatoms. The maximum Gasteiger partial charge on any atom is 0.166 e. The second-order valence-electron chi connectivity index (χ2n) is 2.07. The molecule has 0 aliphatic heterocycles. The molecule has 11 heavy (non-hydrogen) atoms. The summed E-state index contributed by atoms with van der Waals surface area (Å²) in [6.45, 7) is 3.48. The van der Waals surface area contributed by atoms with Crippen LogP contribution in [0.4, 0.5) is 0 Å². The number of carbonyl (C=O) groups is 1. The van der Waals surface area contributed by atoms with E-state index < -0.39 is 0 Å². The van der Waals surface area contributed by atoms with Crippen molar-refractivity contribution in [3.05, 3.63) is 36.5 Å². The van der Waals surface area contributed by atoms with Crippen molar-refractivity contribution in [1.29, 1.82) is 5.41 Å². The van der Waals surface area contributed by atoms with Gasteiger partial charge < -0.3 is 0 Å². The van der Waals surface area contributed by atoms with Crippen LogP contribution in [-0.4, -0.2) is 10.9 Å². The highest BCUT2D eigenvalue weighted by atomic mass is 16.1. The molecule has 0 aliphatic rings. The lowest BCUT2D eigenvalue weighted by Gasteiger charge is -2.01. The van der Waals surface area contributed by atoms with Crippen LogP contribution in [0.5, 0.6) is 0 Å². The van der Waals surface area contributed by atoms with E-state index in [1.807, 2.05) is 0 Å². The normalized spacial score (nSPS) is 9.09. The molecule has 0 bridgehead atoms. The predicted octanol–water partition coefficient (Wildman–Crippen LogP) is 0.637. The first-order chi connectivity index (χ1) is 5.25. The van der Waals surface area contributed by atoms with Gasteiger partial charge in [-0.25, -0.2) is 0 Å². The number of nitrogens with zero attached hydrogens (tertiary/aromatic N) is 1. The van der Waals surface area contributed by atoms with Gasteiger partial charge in [0.25, 0.3) is 0 Å². The van der Waals surface area contributed by atoms with Crippen LogP contribution in [0.2, 0.25) is 0 Å². The molecular formula is C8H8N2O. The number of hydrogen-bond acceptors (Lipinski definition) is 2. The van der Waals surface area contributed by atoms with Crippen LogP contribution in [-0.2, 0) is 4.79 Å². The van der Waals surface area contributed by atoms with Crippen LogP contribution in [0.1, 0.15) is 0 Å². The molecule has 0 aromatic carbocycles. The third-order valence-electron chi connectivity index (χ3n) is 1.31. The molecule has 0 atom stereocenters. The standard InChI is InChI=1S/C8H8N2O/c1-7(6-11)10-5-3-2-4-8(10)9/h2-6,9H,1H2. The summed E-state index contributed by atoms with van der Waals surface area (Å²) in [6.07, 6.45) is 2.25. The van der Waals surface area contributed by atoms with Gasteiger partial charge in [0.05, 0.1) is 5.70 Å². The first kappa shape index (κ1) is 7.47. The SMILES string of the molecule is C=C(C=O)n1ccccc1=N. The first-order valence-electron chi connectivity index (χ1n) is 3.12. The molecule has 0 unspecified atom stereocenters. The van der Waals surface area contributed by atoms with Gasteiger partial charge >= 0.3 is 0 Å². The molecular weight excluding hydrogens is 140 g/mol. The summed E-state index contributed by atoms with van der Waals surface area (Å²) in [4.78, 5) is 10.3. The molecule has 0 aliphatic carbocycles. The number of aromatic nitrogens is 1. The molecule has 0 spiro atoms. The van der Waals surface area contributed by atoms with E-state index in [1.54, 1.807) is 24.4 Å². The molecule has 0 fully saturated rings. The van der Waals surface area contributed by atoms with E-state index >= 15 is 0 Å². The molecule has 0 saturated carbocycles. The van der Waals surface area contributed by atoms with Gasteiger partial charge in [-0.15, -0.1) is 0 Å². The third kappa shape index (κ3) is 1.43. The van der Waals surface area contributed by atoms with Gasteiger partial charge in [0.15, 0.2) is 6.29 Å². The Morgan fingerprint density at radius 2 is 2.36 bits per heavy atom. The van der Waals surface area contributed by atoms with Gasteiger partial charge in [-0.2, -0.15) is 0 Å². The zero-order valence-corrected chi connectivity index (χ0v) is 5.95. The van der Waals surface area contributed by atoms with Gasteiger partial charge in [-0.05, 0) is 12.1 Å². The molecule has 1 rings (SSSR count). The van der Waals surface area contributed by atoms with Crippen molar-refractivity contribution in [2.24, 2.45) is 0 Å². The van der Waals surface area contributed by atoms with E-state index in [2.05, 4.69) is 6.58 Å². The number of carbonyl (C=O) groups excluding carboxylic acids is 1. The molecule has 1 aromatic heterocycles. The topological polar surface area (TPSA) is 45.9 Å². The van der Waals surface area contributed by atoms with Gasteiger partial charge in [-0.3, -0.25) is 14.8 Å². The summed E-state index contributed by atoms with van der Waals surface area (Å²) in [5, 5.41) is 7.35. The summed E-state index contributed by atoms with van der Waals surface area (Å²) in [7, 11) is 0. The minimum Gasteiger partial charge on any atom is -0.300 e. The van der Waals surface area contributed by atoms with Crippen LogP contribution in [0.15, 0.2) is 31.0 Å². The minimum absolute atomic E-state index is 0.254. The highest BCUT2D eigenvalue weighted by Gasteiger charge is 1.92. The summed E-state index contributed by atoms with van der Waals surface area (Å²) in [5.74, 6) is 0. The lowest BCUT2D eigenvalue weighted by atomic mass is 10.4. The van der Waals surface area contributed by atoms with Gasteiger partial charge in [-0.1, -0.05) is 12.6 Å².